The minimum atomic E-state index is -4.81. The quantitative estimate of drug-likeness (QED) is 0.416. The van der Waals surface area contributed by atoms with Crippen molar-refractivity contribution in [1.29, 1.82) is 0 Å². The van der Waals surface area contributed by atoms with Crippen LogP contribution in [0.1, 0.15) is 73.2 Å². The van der Waals surface area contributed by atoms with Gasteiger partial charge >= 0.3 is 6.36 Å². The zero-order valence-electron chi connectivity index (χ0n) is 19.9. The van der Waals surface area contributed by atoms with Crippen molar-refractivity contribution in [1.82, 2.24) is 0 Å². The second kappa shape index (κ2) is 9.04. The second-order valence-electron chi connectivity index (χ2n) is 9.63. The van der Waals surface area contributed by atoms with Crippen LogP contribution in [0, 0.1) is 0 Å². The fourth-order valence-corrected chi connectivity index (χ4v) is 4.55. The minimum absolute atomic E-state index is 0.0380. The maximum absolute atomic E-state index is 13.4. The van der Waals surface area contributed by atoms with Crippen LogP contribution in [0.3, 0.4) is 0 Å². The fourth-order valence-electron chi connectivity index (χ4n) is 4.55. The molecule has 7 heteroatoms. The lowest BCUT2D eigenvalue weighted by atomic mass is 9.79. The Hall–Kier alpha value is -3.32. The van der Waals surface area contributed by atoms with Crippen molar-refractivity contribution < 1.29 is 32.5 Å². The maximum Gasteiger partial charge on any atom is 0.573 e. The molecule has 0 radical (unpaired) electrons. The van der Waals surface area contributed by atoms with Crippen molar-refractivity contribution in [2.24, 2.45) is 0 Å². The Labute approximate surface area is 202 Å². The first-order valence-corrected chi connectivity index (χ1v) is 11.4. The van der Waals surface area contributed by atoms with E-state index >= 15 is 0 Å². The molecular formula is C28H27F3O4. The van der Waals surface area contributed by atoms with Gasteiger partial charge in [0.15, 0.2) is 5.78 Å². The van der Waals surface area contributed by atoms with Crippen LogP contribution in [0.5, 0.6) is 11.5 Å². The van der Waals surface area contributed by atoms with Crippen LogP contribution in [-0.2, 0) is 0 Å². The van der Waals surface area contributed by atoms with Crippen molar-refractivity contribution in [3.63, 3.8) is 0 Å². The Bertz CT molecular complexity index is 1230. The molecule has 4 rings (SSSR count). The molecule has 3 aromatic rings. The number of aliphatic hydroxyl groups is 1. The number of carbonyl (C=O) groups excluding carboxylic acids is 1. The van der Waals surface area contributed by atoms with Crippen molar-refractivity contribution in [3.05, 3.63) is 82.9 Å². The molecule has 4 nitrogen and oxygen atoms in total. The van der Waals surface area contributed by atoms with Gasteiger partial charge in [-0.2, -0.15) is 0 Å². The summed E-state index contributed by atoms with van der Waals surface area (Å²) in [5, 5.41) is 11.6. The van der Waals surface area contributed by atoms with Crippen LogP contribution in [0.25, 0.3) is 11.1 Å². The Kier molecular flexibility index (Phi) is 6.40. The van der Waals surface area contributed by atoms with Gasteiger partial charge < -0.3 is 14.6 Å². The first-order valence-electron chi connectivity index (χ1n) is 11.4. The summed E-state index contributed by atoms with van der Waals surface area (Å²) in [4.78, 5) is 13.4. The number of halogens is 3. The molecule has 1 atom stereocenters. The van der Waals surface area contributed by atoms with Crippen LogP contribution < -0.4 is 9.47 Å². The second-order valence-corrected chi connectivity index (χ2v) is 9.63. The van der Waals surface area contributed by atoms with Crippen molar-refractivity contribution in [2.75, 3.05) is 0 Å². The van der Waals surface area contributed by atoms with Gasteiger partial charge in [0.1, 0.15) is 23.2 Å². The molecule has 0 fully saturated rings. The number of hydrogen-bond donors (Lipinski definition) is 1. The highest BCUT2D eigenvalue weighted by Gasteiger charge is 2.38. The number of ketones is 1. The molecule has 1 unspecified atom stereocenters. The summed E-state index contributed by atoms with van der Waals surface area (Å²) in [6.45, 7) is 7.67. The topological polar surface area (TPSA) is 55.8 Å². The summed E-state index contributed by atoms with van der Waals surface area (Å²) in [6, 6.07) is 16.2. The molecule has 1 heterocycles. The molecule has 3 aromatic carbocycles. The third kappa shape index (κ3) is 5.20. The Morgan fingerprint density at radius 2 is 1.63 bits per heavy atom. The number of aliphatic hydroxyl groups excluding tert-OH is 1. The summed E-state index contributed by atoms with van der Waals surface area (Å²) in [5.41, 5.74) is 2.77. The Morgan fingerprint density at radius 3 is 2.20 bits per heavy atom. The standard InChI is InChI=1S/C28H27F3O4/c1-16(2)20-14-22-25(21(32)15-27(3,4)35-22)23(17-8-6-5-7-9-17)24(20)26(33)18-10-12-19(13-11-18)34-28(29,30)31/h5-14,16,26,33H,15H2,1-4H3. The van der Waals surface area contributed by atoms with E-state index in [0.717, 1.165) is 11.1 Å². The van der Waals surface area contributed by atoms with Gasteiger partial charge in [0.2, 0.25) is 0 Å². The average Bonchev–Trinajstić information content (AvgIpc) is 2.76. The van der Waals surface area contributed by atoms with E-state index in [-0.39, 0.29) is 23.9 Å². The number of rotatable bonds is 5. The number of alkyl halides is 3. The van der Waals surface area contributed by atoms with Crippen molar-refractivity contribution in [3.8, 4) is 22.6 Å². The van der Waals surface area contributed by atoms with E-state index in [0.29, 0.717) is 28.0 Å². The normalized spacial score (nSPS) is 16.0. The highest BCUT2D eigenvalue weighted by molar-refractivity contribution is 6.07. The zero-order valence-corrected chi connectivity index (χ0v) is 19.9. The maximum atomic E-state index is 13.4. The first-order chi connectivity index (χ1) is 16.4. The summed E-state index contributed by atoms with van der Waals surface area (Å²) in [5.74, 6) is -0.0347. The molecule has 0 saturated heterocycles. The summed E-state index contributed by atoms with van der Waals surface area (Å²) < 4.78 is 47.9. The van der Waals surface area contributed by atoms with Gasteiger partial charge in [-0.15, -0.1) is 13.2 Å². The van der Waals surface area contributed by atoms with Crippen LogP contribution in [0.4, 0.5) is 13.2 Å². The van der Waals surface area contributed by atoms with Crippen LogP contribution >= 0.6 is 0 Å². The number of hydrogen-bond acceptors (Lipinski definition) is 4. The zero-order chi connectivity index (χ0) is 25.5. The van der Waals surface area contributed by atoms with E-state index in [2.05, 4.69) is 4.74 Å². The molecule has 35 heavy (non-hydrogen) atoms. The van der Waals surface area contributed by atoms with E-state index in [9.17, 15) is 23.1 Å². The van der Waals surface area contributed by atoms with Gasteiger partial charge in [-0.05, 0) is 60.2 Å². The molecule has 1 aliphatic rings. The molecule has 0 aromatic heterocycles. The fraction of sp³-hybridized carbons (Fsp3) is 0.321. The molecular weight excluding hydrogens is 457 g/mol. The van der Waals surface area contributed by atoms with E-state index in [1.54, 1.807) is 0 Å². The lowest BCUT2D eigenvalue weighted by Crippen LogP contribution is -2.36. The van der Waals surface area contributed by atoms with Crippen LogP contribution in [-0.4, -0.2) is 22.9 Å². The monoisotopic (exact) mass is 484 g/mol. The highest BCUT2D eigenvalue weighted by Crippen LogP contribution is 2.47. The van der Waals surface area contributed by atoms with E-state index in [1.807, 2.05) is 64.1 Å². The van der Waals surface area contributed by atoms with Gasteiger partial charge in [0, 0.05) is 5.56 Å². The summed E-state index contributed by atoms with van der Waals surface area (Å²) in [7, 11) is 0. The van der Waals surface area contributed by atoms with E-state index in [4.69, 9.17) is 4.74 Å². The molecule has 0 bridgehead atoms. The SMILES string of the molecule is CC(C)c1cc2c(c(-c3ccccc3)c1C(O)c1ccc(OC(F)(F)F)cc1)C(=O)CC(C)(C)O2. The predicted molar refractivity (Wildman–Crippen MR) is 127 cm³/mol. The third-order valence-corrected chi connectivity index (χ3v) is 6.00. The smallest absolute Gasteiger partial charge is 0.487 e. The Balaban J connectivity index is 1.94. The van der Waals surface area contributed by atoms with Crippen LogP contribution in [0.15, 0.2) is 60.7 Å². The number of ether oxygens (including phenoxy) is 2. The largest absolute Gasteiger partial charge is 0.573 e. The van der Waals surface area contributed by atoms with Crippen molar-refractivity contribution >= 4 is 5.78 Å². The van der Waals surface area contributed by atoms with E-state index < -0.39 is 18.1 Å². The lowest BCUT2D eigenvalue weighted by molar-refractivity contribution is -0.274. The first kappa shape index (κ1) is 24.8. The van der Waals surface area contributed by atoms with E-state index in [1.165, 1.54) is 24.3 Å². The van der Waals surface area contributed by atoms with Crippen molar-refractivity contribution in [2.45, 2.75) is 58.1 Å². The Morgan fingerprint density at radius 1 is 1.00 bits per heavy atom. The molecule has 0 amide bonds. The average molecular weight is 485 g/mol. The minimum Gasteiger partial charge on any atom is -0.487 e. The molecule has 0 aliphatic carbocycles. The number of Topliss-reactive ketones (excluding diaryl/α,β-unsaturated/α-hetero) is 1. The lowest BCUT2D eigenvalue weighted by Gasteiger charge is -2.35. The number of fused-ring (bicyclic) bond motifs is 1. The molecule has 0 spiro atoms. The number of benzene rings is 3. The number of carbonyl (C=O) groups is 1. The van der Waals surface area contributed by atoms with Gasteiger partial charge in [-0.1, -0.05) is 56.3 Å². The predicted octanol–water partition coefficient (Wildman–Crippen LogP) is 7.20. The van der Waals surface area contributed by atoms with Gasteiger partial charge in [0.25, 0.3) is 0 Å². The van der Waals surface area contributed by atoms with Gasteiger partial charge in [-0.3, -0.25) is 4.79 Å². The molecule has 184 valence electrons. The summed E-state index contributed by atoms with van der Waals surface area (Å²) >= 11 is 0. The molecule has 1 aliphatic heterocycles. The molecule has 0 saturated carbocycles. The van der Waals surface area contributed by atoms with Gasteiger partial charge in [-0.25, -0.2) is 0 Å². The third-order valence-electron chi connectivity index (χ3n) is 6.00. The highest BCUT2D eigenvalue weighted by atomic mass is 19.4. The molecule has 1 N–H and O–H groups in total. The van der Waals surface area contributed by atoms with Crippen LogP contribution in [0.2, 0.25) is 0 Å². The van der Waals surface area contributed by atoms with Gasteiger partial charge in [0.05, 0.1) is 12.0 Å². The summed E-state index contributed by atoms with van der Waals surface area (Å²) in [6.07, 6.45) is -5.83.